The Bertz CT molecular complexity index is 3190. The molecule has 1 heterocycles. The standard InChI is InChI=1S/C55H36N2S/c1-3-13-40(14-4-1)56(41-15-5-2-6-16-41)42-26-21-36(22-27-42)37-23-28-43(29-24-37)57(45-31-32-53-50(35-45)46-17-7-8-20-52(46)58-53)44-30-25-39-33-51-47-18-9-11-38-12-10-19-48(54(38)47)55(51)49(39)34-44/h1-32,34-35H,33H2. The average molecular weight is 757 g/mol. The summed E-state index contributed by atoms with van der Waals surface area (Å²) in [5.41, 5.74) is 17.6. The van der Waals surface area contributed by atoms with E-state index in [1.165, 1.54) is 75.5 Å². The van der Waals surface area contributed by atoms with Crippen molar-refractivity contribution in [2.75, 3.05) is 9.80 Å². The lowest BCUT2D eigenvalue weighted by molar-refractivity contribution is 1.26. The Kier molecular flexibility index (Phi) is 7.51. The van der Waals surface area contributed by atoms with E-state index < -0.39 is 0 Å². The predicted octanol–water partition coefficient (Wildman–Crippen LogP) is 15.6. The van der Waals surface area contributed by atoms with E-state index in [4.69, 9.17) is 0 Å². The van der Waals surface area contributed by atoms with Gasteiger partial charge in [0.15, 0.2) is 0 Å². The molecule has 12 rings (SSSR count). The van der Waals surface area contributed by atoms with Crippen LogP contribution in [0, 0.1) is 0 Å². The summed E-state index contributed by atoms with van der Waals surface area (Å²) in [6, 6.07) is 75.6. The Hall–Kier alpha value is -7.20. The fourth-order valence-electron chi connectivity index (χ4n) is 9.38. The molecule has 0 saturated carbocycles. The maximum atomic E-state index is 2.44. The van der Waals surface area contributed by atoms with Gasteiger partial charge in [0.1, 0.15) is 0 Å². The number of hydrogen-bond acceptors (Lipinski definition) is 3. The van der Waals surface area contributed by atoms with Crippen LogP contribution < -0.4 is 9.80 Å². The smallest absolute Gasteiger partial charge is 0.0468 e. The van der Waals surface area contributed by atoms with Crippen LogP contribution in [0.5, 0.6) is 0 Å². The Labute approximate surface area is 341 Å². The van der Waals surface area contributed by atoms with Crippen molar-refractivity contribution in [3.05, 3.63) is 229 Å². The first kappa shape index (κ1) is 33.0. The monoisotopic (exact) mass is 756 g/mol. The molecule has 3 heteroatoms. The quantitative estimate of drug-likeness (QED) is 0.160. The summed E-state index contributed by atoms with van der Waals surface area (Å²) >= 11 is 1.86. The molecule has 0 radical (unpaired) electrons. The molecule has 9 aromatic carbocycles. The third-order valence-corrected chi connectivity index (χ3v) is 13.2. The van der Waals surface area contributed by atoms with Gasteiger partial charge in [0.2, 0.25) is 0 Å². The highest BCUT2D eigenvalue weighted by Crippen LogP contribution is 2.52. The molecule has 0 N–H and O–H groups in total. The summed E-state index contributed by atoms with van der Waals surface area (Å²) in [5, 5.41) is 5.32. The molecule has 58 heavy (non-hydrogen) atoms. The number of allylic oxidation sites excluding steroid dienone is 1. The maximum Gasteiger partial charge on any atom is 0.0468 e. The minimum absolute atomic E-state index is 0.966. The molecule has 2 aliphatic rings. The number of rotatable bonds is 7. The minimum Gasteiger partial charge on any atom is -0.311 e. The zero-order chi connectivity index (χ0) is 38.2. The van der Waals surface area contributed by atoms with Crippen LogP contribution in [0.1, 0.15) is 22.3 Å². The van der Waals surface area contributed by atoms with Crippen LogP contribution >= 0.6 is 11.3 Å². The van der Waals surface area contributed by atoms with Gasteiger partial charge in [0.25, 0.3) is 0 Å². The van der Waals surface area contributed by atoms with Crippen molar-refractivity contribution in [1.29, 1.82) is 0 Å². The molecule has 1 aromatic heterocycles. The highest BCUT2D eigenvalue weighted by molar-refractivity contribution is 7.25. The molecule has 0 saturated heterocycles. The second kappa shape index (κ2) is 13.2. The Balaban J connectivity index is 0.947. The summed E-state index contributed by atoms with van der Waals surface area (Å²) in [6.45, 7) is 0. The van der Waals surface area contributed by atoms with Gasteiger partial charge in [-0.25, -0.2) is 0 Å². The van der Waals surface area contributed by atoms with Crippen molar-refractivity contribution in [3.8, 4) is 11.1 Å². The number of anilines is 6. The lowest BCUT2D eigenvalue weighted by atomic mass is 9.95. The van der Waals surface area contributed by atoms with Gasteiger partial charge >= 0.3 is 0 Å². The minimum atomic E-state index is 0.966. The number of fused-ring (bicyclic) bond motifs is 7. The van der Waals surface area contributed by atoms with Crippen molar-refractivity contribution in [2.24, 2.45) is 0 Å². The van der Waals surface area contributed by atoms with Crippen molar-refractivity contribution in [2.45, 2.75) is 6.42 Å². The highest BCUT2D eigenvalue weighted by Gasteiger charge is 2.32. The Morgan fingerprint density at radius 1 is 0.362 bits per heavy atom. The number of benzene rings is 9. The van der Waals surface area contributed by atoms with E-state index in [2.05, 4.69) is 216 Å². The van der Waals surface area contributed by atoms with E-state index >= 15 is 0 Å². The van der Waals surface area contributed by atoms with Crippen LogP contribution in [0.4, 0.5) is 34.1 Å². The summed E-state index contributed by atoms with van der Waals surface area (Å²) in [7, 11) is 0. The predicted molar refractivity (Wildman–Crippen MR) is 248 cm³/mol. The number of nitrogens with zero attached hydrogens (tertiary/aromatic N) is 2. The van der Waals surface area contributed by atoms with E-state index in [1.807, 2.05) is 11.3 Å². The molecular weight excluding hydrogens is 721 g/mol. The first-order valence-electron chi connectivity index (χ1n) is 20.0. The van der Waals surface area contributed by atoms with Gasteiger partial charge in [-0.1, -0.05) is 121 Å². The highest BCUT2D eigenvalue weighted by atomic mass is 32.1. The van der Waals surface area contributed by atoms with Gasteiger partial charge in [-0.15, -0.1) is 11.3 Å². The molecular formula is C55H36N2S. The molecule has 272 valence electrons. The van der Waals surface area contributed by atoms with Gasteiger partial charge in [0.05, 0.1) is 0 Å². The van der Waals surface area contributed by atoms with E-state index in [0.717, 1.165) is 40.5 Å². The van der Waals surface area contributed by atoms with Crippen LogP contribution in [0.2, 0.25) is 0 Å². The molecule has 10 aromatic rings. The lowest BCUT2D eigenvalue weighted by Gasteiger charge is -2.27. The zero-order valence-corrected chi connectivity index (χ0v) is 32.5. The van der Waals surface area contributed by atoms with Crippen LogP contribution in [-0.4, -0.2) is 0 Å². The summed E-state index contributed by atoms with van der Waals surface area (Å²) in [6.07, 6.45) is 0.966. The fraction of sp³-hybridized carbons (Fsp3) is 0.0182. The fourth-order valence-corrected chi connectivity index (χ4v) is 10.5. The van der Waals surface area contributed by atoms with Gasteiger partial charge in [-0.3, -0.25) is 0 Å². The van der Waals surface area contributed by atoms with Gasteiger partial charge in [0, 0.05) is 54.3 Å². The first-order chi connectivity index (χ1) is 28.7. The van der Waals surface area contributed by atoms with Gasteiger partial charge < -0.3 is 9.80 Å². The van der Waals surface area contributed by atoms with E-state index in [0.29, 0.717) is 0 Å². The zero-order valence-electron chi connectivity index (χ0n) is 31.6. The van der Waals surface area contributed by atoms with E-state index in [9.17, 15) is 0 Å². The summed E-state index contributed by atoms with van der Waals surface area (Å²) < 4.78 is 2.63. The molecule has 0 bridgehead atoms. The maximum absolute atomic E-state index is 2.44. The van der Waals surface area contributed by atoms with E-state index in [1.54, 1.807) is 0 Å². The molecule has 0 spiro atoms. The van der Waals surface area contributed by atoms with Gasteiger partial charge in [-0.05, 0) is 147 Å². The lowest BCUT2D eigenvalue weighted by Crippen LogP contribution is -2.10. The number of para-hydroxylation sites is 2. The third kappa shape index (κ3) is 5.25. The molecule has 0 aliphatic heterocycles. The largest absolute Gasteiger partial charge is 0.311 e. The topological polar surface area (TPSA) is 6.48 Å². The van der Waals surface area contributed by atoms with Gasteiger partial charge in [-0.2, -0.15) is 0 Å². The SMILES string of the molecule is c1ccc(N(c2ccccc2)c2ccc(-c3ccc(N(c4ccc5c(c4)C4=C(C5)c5cccc6cccc4c56)c4ccc5sc6ccccc6c5c4)cc3)cc2)cc1. The van der Waals surface area contributed by atoms with Crippen molar-refractivity contribution in [1.82, 2.24) is 0 Å². The second-order valence-corrected chi connectivity index (χ2v) is 16.4. The van der Waals surface area contributed by atoms with E-state index in [-0.39, 0.29) is 0 Å². The molecule has 0 atom stereocenters. The first-order valence-corrected chi connectivity index (χ1v) is 20.8. The Morgan fingerprint density at radius 3 is 1.59 bits per heavy atom. The molecule has 0 fully saturated rings. The van der Waals surface area contributed by atoms with Crippen LogP contribution in [0.3, 0.4) is 0 Å². The normalized spacial score (nSPS) is 12.7. The number of hydrogen-bond donors (Lipinski definition) is 0. The van der Waals surface area contributed by atoms with Crippen molar-refractivity contribution < 1.29 is 0 Å². The molecule has 2 aliphatic carbocycles. The third-order valence-electron chi connectivity index (χ3n) is 12.0. The molecule has 0 amide bonds. The molecule has 2 nitrogen and oxygen atoms in total. The summed E-state index contributed by atoms with van der Waals surface area (Å²) in [5.74, 6) is 0. The van der Waals surface area contributed by atoms with Crippen molar-refractivity contribution in [3.63, 3.8) is 0 Å². The Morgan fingerprint density at radius 2 is 0.897 bits per heavy atom. The second-order valence-electron chi connectivity index (χ2n) is 15.3. The number of thiophene rings is 1. The van der Waals surface area contributed by atoms with Crippen LogP contribution in [0.25, 0.3) is 53.2 Å². The summed E-state index contributed by atoms with van der Waals surface area (Å²) in [4.78, 5) is 4.75. The van der Waals surface area contributed by atoms with Crippen LogP contribution in [-0.2, 0) is 6.42 Å². The van der Waals surface area contributed by atoms with Crippen LogP contribution in [0.15, 0.2) is 206 Å². The van der Waals surface area contributed by atoms with Crippen molar-refractivity contribution >= 4 is 87.6 Å². The average Bonchev–Trinajstić information content (AvgIpc) is 3.95. The molecule has 0 unspecified atom stereocenters.